The van der Waals surface area contributed by atoms with Crippen LogP contribution in [0.1, 0.15) is 56.4 Å². The van der Waals surface area contributed by atoms with Gasteiger partial charge in [0.1, 0.15) is 17.3 Å². The molecule has 5 rings (SSSR count). The summed E-state index contributed by atoms with van der Waals surface area (Å²) in [6.07, 6.45) is 4.68. The molecule has 1 fully saturated rings. The topological polar surface area (TPSA) is 102 Å². The normalized spacial score (nSPS) is 15.5. The molecule has 3 amide bonds. The number of carbonyl (C=O) groups excluding carboxylic acids is 2. The van der Waals surface area contributed by atoms with Gasteiger partial charge in [-0.25, -0.2) is 13.9 Å². The maximum Gasteiger partial charge on any atom is 0.316 e. The number of hydrogen-bond donors (Lipinski definition) is 2. The molecule has 1 aliphatic carbocycles. The largest absolute Gasteiger partial charge is 0.491 e. The van der Waals surface area contributed by atoms with E-state index in [0.29, 0.717) is 49.0 Å². The Balaban J connectivity index is 1.64. The van der Waals surface area contributed by atoms with E-state index < -0.39 is 11.8 Å². The van der Waals surface area contributed by atoms with Crippen LogP contribution in [0.25, 0.3) is 16.9 Å². The number of primary amides is 1. The molecule has 3 aromatic rings. The van der Waals surface area contributed by atoms with Gasteiger partial charge in [0.15, 0.2) is 0 Å². The summed E-state index contributed by atoms with van der Waals surface area (Å²) < 4.78 is 23.2. The third-order valence-electron chi connectivity index (χ3n) is 7.54. The van der Waals surface area contributed by atoms with E-state index in [1.807, 2.05) is 34.7 Å². The fourth-order valence-corrected chi connectivity index (χ4v) is 5.62. The van der Waals surface area contributed by atoms with Gasteiger partial charge in [-0.1, -0.05) is 44.9 Å². The van der Waals surface area contributed by atoms with Crippen LogP contribution in [0.4, 0.5) is 14.9 Å². The molecular formula is C30H36FN5O3. The van der Waals surface area contributed by atoms with E-state index in [1.54, 1.807) is 6.07 Å². The maximum absolute atomic E-state index is 15.2. The second kappa shape index (κ2) is 11.1. The summed E-state index contributed by atoms with van der Waals surface area (Å²) in [7, 11) is 0. The van der Waals surface area contributed by atoms with E-state index in [4.69, 9.17) is 15.6 Å². The third-order valence-corrected chi connectivity index (χ3v) is 7.54. The molecule has 206 valence electrons. The van der Waals surface area contributed by atoms with Gasteiger partial charge in [-0.15, -0.1) is 0 Å². The minimum absolute atomic E-state index is 0.000989. The van der Waals surface area contributed by atoms with E-state index in [1.165, 1.54) is 12.1 Å². The maximum atomic E-state index is 15.2. The van der Waals surface area contributed by atoms with Gasteiger partial charge in [0.2, 0.25) is 5.91 Å². The molecule has 1 saturated carbocycles. The molecule has 2 heterocycles. The van der Waals surface area contributed by atoms with Gasteiger partial charge in [-0.05, 0) is 49.4 Å². The van der Waals surface area contributed by atoms with E-state index in [2.05, 4.69) is 19.2 Å². The van der Waals surface area contributed by atoms with Crippen molar-refractivity contribution in [1.29, 1.82) is 0 Å². The van der Waals surface area contributed by atoms with E-state index in [-0.39, 0.29) is 17.5 Å². The minimum Gasteiger partial charge on any atom is -0.491 e. The van der Waals surface area contributed by atoms with Crippen LogP contribution in [0.5, 0.6) is 5.75 Å². The number of nitrogens with two attached hydrogens (primary N) is 1. The zero-order valence-electron chi connectivity index (χ0n) is 22.8. The number of urea groups is 1. The number of halogens is 1. The van der Waals surface area contributed by atoms with Crippen LogP contribution in [0.3, 0.4) is 0 Å². The first kappa shape index (κ1) is 26.7. The summed E-state index contributed by atoms with van der Waals surface area (Å²) in [6, 6.07) is 9.65. The molecule has 3 N–H and O–H groups in total. The van der Waals surface area contributed by atoms with Crippen LogP contribution in [0.2, 0.25) is 0 Å². The highest BCUT2D eigenvalue weighted by Gasteiger charge is 2.33. The Morgan fingerprint density at radius 2 is 1.97 bits per heavy atom. The van der Waals surface area contributed by atoms with Gasteiger partial charge in [0, 0.05) is 36.6 Å². The predicted octanol–water partition coefficient (Wildman–Crippen LogP) is 5.59. The Kier molecular flexibility index (Phi) is 7.59. The Bertz CT molecular complexity index is 1390. The van der Waals surface area contributed by atoms with Crippen molar-refractivity contribution in [2.75, 3.05) is 18.5 Å². The molecule has 2 aromatic carbocycles. The van der Waals surface area contributed by atoms with Gasteiger partial charge in [0.05, 0.1) is 23.7 Å². The van der Waals surface area contributed by atoms with E-state index >= 15 is 4.39 Å². The van der Waals surface area contributed by atoms with Crippen molar-refractivity contribution < 1.29 is 18.7 Å². The standard InChI is InChI=1S/C30H36FN5O3/c1-18(2)17-39-26-10-6-7-19(3)27(26)36-28(21-11-12-25(23(31)15-21)33-30(32)38)22-16-35(14-13-24(22)34-36)29(37)20-8-4-5-9-20/h6-7,10-12,15,18,20H,4-5,8-9,13-14,16-17H2,1-3H3,(H3,32,33,38). The molecule has 8 nitrogen and oxygen atoms in total. The average Bonchev–Trinajstić information content (AvgIpc) is 3.56. The lowest BCUT2D eigenvalue weighted by atomic mass is 9.98. The van der Waals surface area contributed by atoms with Crippen molar-refractivity contribution in [3.8, 4) is 22.7 Å². The SMILES string of the molecule is Cc1cccc(OCC(C)C)c1-n1nc2c(c1-c1ccc(NC(N)=O)c(F)c1)CN(C(=O)C1CCCC1)CC2. The zero-order chi connectivity index (χ0) is 27.7. The molecule has 0 unspecified atom stereocenters. The third kappa shape index (κ3) is 5.48. The fourth-order valence-electron chi connectivity index (χ4n) is 5.62. The first-order valence-electron chi connectivity index (χ1n) is 13.7. The quantitative estimate of drug-likeness (QED) is 0.413. The summed E-state index contributed by atoms with van der Waals surface area (Å²) in [5, 5.41) is 7.35. The van der Waals surface area contributed by atoms with Crippen molar-refractivity contribution in [3.05, 3.63) is 59.0 Å². The second-order valence-electron chi connectivity index (χ2n) is 11.0. The molecule has 9 heteroatoms. The number of para-hydroxylation sites is 1. The van der Waals surface area contributed by atoms with Crippen LogP contribution in [-0.2, 0) is 17.8 Å². The molecule has 0 radical (unpaired) electrons. The number of carbonyl (C=O) groups is 2. The molecule has 0 atom stereocenters. The number of nitrogens with zero attached hydrogens (tertiary/aromatic N) is 3. The Hall–Kier alpha value is -3.88. The smallest absolute Gasteiger partial charge is 0.316 e. The number of hydrogen-bond acceptors (Lipinski definition) is 4. The Labute approximate surface area is 228 Å². The first-order valence-corrected chi connectivity index (χ1v) is 13.7. The Morgan fingerprint density at radius 1 is 1.21 bits per heavy atom. The summed E-state index contributed by atoms with van der Waals surface area (Å²) in [5.41, 5.74) is 10.1. The van der Waals surface area contributed by atoms with Gasteiger partial charge < -0.3 is 20.7 Å². The van der Waals surface area contributed by atoms with Gasteiger partial charge in [0.25, 0.3) is 0 Å². The molecule has 2 aliphatic rings. The lowest BCUT2D eigenvalue weighted by Gasteiger charge is -2.29. The number of amides is 3. The summed E-state index contributed by atoms with van der Waals surface area (Å²) in [5.74, 6) is 0.688. The summed E-state index contributed by atoms with van der Waals surface area (Å²) in [4.78, 5) is 26.6. The van der Waals surface area contributed by atoms with Gasteiger partial charge in [-0.2, -0.15) is 5.10 Å². The van der Waals surface area contributed by atoms with Crippen LogP contribution in [0, 0.1) is 24.6 Å². The molecule has 39 heavy (non-hydrogen) atoms. The number of aromatic nitrogens is 2. The van der Waals surface area contributed by atoms with Crippen molar-refractivity contribution >= 4 is 17.6 Å². The summed E-state index contributed by atoms with van der Waals surface area (Å²) in [6.45, 7) is 7.74. The van der Waals surface area contributed by atoms with Crippen LogP contribution < -0.4 is 15.8 Å². The number of fused-ring (bicyclic) bond motifs is 1. The highest BCUT2D eigenvalue weighted by atomic mass is 19.1. The van der Waals surface area contributed by atoms with Gasteiger partial charge in [-0.3, -0.25) is 4.79 Å². The lowest BCUT2D eigenvalue weighted by molar-refractivity contribution is -0.136. The molecule has 1 aliphatic heterocycles. The predicted molar refractivity (Wildman–Crippen MR) is 148 cm³/mol. The molecule has 0 bridgehead atoms. The highest BCUT2D eigenvalue weighted by molar-refractivity contribution is 5.88. The zero-order valence-corrected chi connectivity index (χ0v) is 22.8. The molecular weight excluding hydrogens is 497 g/mol. The number of nitrogens with one attached hydrogen (secondary N) is 1. The number of aryl methyl sites for hydroxylation is 1. The van der Waals surface area contributed by atoms with Crippen molar-refractivity contribution in [2.24, 2.45) is 17.6 Å². The van der Waals surface area contributed by atoms with E-state index in [0.717, 1.165) is 48.2 Å². The fraction of sp³-hybridized carbons (Fsp3) is 0.433. The highest BCUT2D eigenvalue weighted by Crippen LogP contribution is 2.38. The number of anilines is 1. The molecule has 0 saturated heterocycles. The molecule has 0 spiro atoms. The van der Waals surface area contributed by atoms with Crippen molar-refractivity contribution in [3.63, 3.8) is 0 Å². The van der Waals surface area contributed by atoms with Crippen LogP contribution in [-0.4, -0.2) is 39.8 Å². The van der Waals surface area contributed by atoms with Crippen LogP contribution >= 0.6 is 0 Å². The molecule has 1 aromatic heterocycles. The lowest BCUT2D eigenvalue weighted by Crippen LogP contribution is -2.39. The average molecular weight is 534 g/mol. The number of rotatable bonds is 7. The first-order chi connectivity index (χ1) is 18.7. The second-order valence-corrected chi connectivity index (χ2v) is 11.0. The van der Waals surface area contributed by atoms with Crippen LogP contribution in [0.15, 0.2) is 36.4 Å². The summed E-state index contributed by atoms with van der Waals surface area (Å²) >= 11 is 0. The Morgan fingerprint density at radius 3 is 2.67 bits per heavy atom. The van der Waals surface area contributed by atoms with Crippen molar-refractivity contribution in [2.45, 2.75) is 59.4 Å². The van der Waals surface area contributed by atoms with E-state index in [9.17, 15) is 9.59 Å². The number of benzene rings is 2. The van der Waals surface area contributed by atoms with Gasteiger partial charge >= 0.3 is 6.03 Å². The monoisotopic (exact) mass is 533 g/mol. The number of ether oxygens (including phenoxy) is 1. The van der Waals surface area contributed by atoms with Crippen molar-refractivity contribution in [1.82, 2.24) is 14.7 Å². The minimum atomic E-state index is -0.836.